The Labute approximate surface area is 166 Å². The van der Waals surface area contributed by atoms with Gasteiger partial charge in [0, 0.05) is 18.9 Å². The van der Waals surface area contributed by atoms with Crippen molar-refractivity contribution in [3.05, 3.63) is 77.9 Å². The van der Waals surface area contributed by atoms with Crippen molar-refractivity contribution in [1.82, 2.24) is 35.4 Å². The number of hydrogen-bond donors (Lipinski definition) is 3. The van der Waals surface area contributed by atoms with E-state index in [0.29, 0.717) is 25.2 Å². The first-order valence-corrected chi connectivity index (χ1v) is 9.23. The van der Waals surface area contributed by atoms with E-state index < -0.39 is 5.82 Å². The van der Waals surface area contributed by atoms with Gasteiger partial charge in [0.15, 0.2) is 0 Å². The second-order valence-electron chi connectivity index (χ2n) is 6.48. The number of hydrogen-bond acceptors (Lipinski definition) is 5. The zero-order chi connectivity index (χ0) is 20.1. The monoisotopic (exact) mass is 393 g/mol. The summed E-state index contributed by atoms with van der Waals surface area (Å²) in [5, 5.41) is 10.1. The highest BCUT2D eigenvalue weighted by Gasteiger charge is 2.10. The smallest absolute Gasteiger partial charge is 0.254 e. The van der Waals surface area contributed by atoms with E-state index in [-0.39, 0.29) is 18.1 Å². The molecule has 0 saturated carbocycles. The molecule has 0 unspecified atom stereocenters. The summed E-state index contributed by atoms with van der Waals surface area (Å²) >= 11 is 0. The Morgan fingerprint density at radius 1 is 1.17 bits per heavy atom. The number of aromatic amines is 1. The molecule has 1 amide bonds. The van der Waals surface area contributed by atoms with Crippen LogP contribution in [0.4, 0.5) is 4.39 Å². The molecular formula is C20H20FN7O. The summed E-state index contributed by atoms with van der Waals surface area (Å²) in [6.07, 6.45) is 4.64. The molecule has 3 N–H and O–H groups in total. The summed E-state index contributed by atoms with van der Waals surface area (Å²) in [5.74, 6) is 0.101. The summed E-state index contributed by atoms with van der Waals surface area (Å²) < 4.78 is 15.2. The van der Waals surface area contributed by atoms with E-state index in [9.17, 15) is 9.18 Å². The lowest BCUT2D eigenvalue weighted by atomic mass is 10.3. The Hall–Kier alpha value is -3.59. The first kappa shape index (κ1) is 18.8. The van der Waals surface area contributed by atoms with Gasteiger partial charge >= 0.3 is 0 Å². The van der Waals surface area contributed by atoms with Crippen LogP contribution in [0.1, 0.15) is 21.9 Å². The third-order valence-corrected chi connectivity index (χ3v) is 4.40. The minimum absolute atomic E-state index is 0.0236. The molecule has 0 bridgehead atoms. The van der Waals surface area contributed by atoms with Crippen LogP contribution in [0.3, 0.4) is 0 Å². The summed E-state index contributed by atoms with van der Waals surface area (Å²) in [7, 11) is 0. The molecule has 4 aromatic rings. The molecule has 4 rings (SSSR count). The third-order valence-electron chi connectivity index (χ3n) is 4.40. The van der Waals surface area contributed by atoms with E-state index in [1.54, 1.807) is 10.9 Å². The van der Waals surface area contributed by atoms with Crippen molar-refractivity contribution >= 4 is 16.9 Å². The van der Waals surface area contributed by atoms with Gasteiger partial charge in [0.25, 0.3) is 5.91 Å². The Bertz CT molecular complexity index is 1090. The number of carbonyl (C=O) groups excluding carboxylic acids is 1. The van der Waals surface area contributed by atoms with E-state index in [1.165, 1.54) is 24.5 Å². The first-order chi connectivity index (χ1) is 14.2. The van der Waals surface area contributed by atoms with Crippen molar-refractivity contribution in [3.8, 4) is 0 Å². The Morgan fingerprint density at radius 2 is 2.07 bits per heavy atom. The van der Waals surface area contributed by atoms with Crippen molar-refractivity contribution in [1.29, 1.82) is 0 Å². The summed E-state index contributed by atoms with van der Waals surface area (Å²) in [6.45, 7) is 1.90. The van der Waals surface area contributed by atoms with Crippen molar-refractivity contribution in [2.24, 2.45) is 0 Å². The minimum Gasteiger partial charge on any atom is -0.346 e. The molecule has 3 heterocycles. The Balaban J connectivity index is 1.23. The maximum atomic E-state index is 13.6. The van der Waals surface area contributed by atoms with E-state index in [4.69, 9.17) is 0 Å². The van der Waals surface area contributed by atoms with Gasteiger partial charge in [-0.05, 0) is 24.3 Å². The second-order valence-corrected chi connectivity index (χ2v) is 6.48. The average molecular weight is 393 g/mol. The number of aromatic nitrogens is 5. The van der Waals surface area contributed by atoms with E-state index in [0.717, 1.165) is 16.9 Å². The number of benzene rings is 1. The number of nitrogens with one attached hydrogen (secondary N) is 3. The van der Waals surface area contributed by atoms with Crippen LogP contribution >= 0.6 is 0 Å². The number of pyridine rings is 1. The van der Waals surface area contributed by atoms with Gasteiger partial charge in [0.05, 0.1) is 48.1 Å². The number of fused-ring (bicyclic) bond motifs is 1. The van der Waals surface area contributed by atoms with Crippen LogP contribution in [0.5, 0.6) is 0 Å². The molecule has 0 aliphatic rings. The van der Waals surface area contributed by atoms with Crippen LogP contribution in [0, 0.1) is 5.82 Å². The van der Waals surface area contributed by atoms with Crippen LogP contribution in [0.15, 0.2) is 55.0 Å². The van der Waals surface area contributed by atoms with Crippen LogP contribution in [-0.2, 0) is 19.6 Å². The van der Waals surface area contributed by atoms with Crippen LogP contribution in [-0.4, -0.2) is 37.2 Å². The number of halogens is 1. The maximum absolute atomic E-state index is 13.6. The van der Waals surface area contributed by atoms with Gasteiger partial charge in [-0.3, -0.25) is 14.5 Å². The number of amides is 1. The van der Waals surface area contributed by atoms with Gasteiger partial charge in [0.2, 0.25) is 0 Å². The van der Waals surface area contributed by atoms with Crippen molar-refractivity contribution in [2.45, 2.75) is 19.6 Å². The predicted molar refractivity (Wildman–Crippen MR) is 105 cm³/mol. The molecule has 0 radical (unpaired) electrons. The van der Waals surface area contributed by atoms with Crippen LogP contribution < -0.4 is 10.6 Å². The fourth-order valence-electron chi connectivity index (χ4n) is 2.91. The maximum Gasteiger partial charge on any atom is 0.254 e. The molecule has 29 heavy (non-hydrogen) atoms. The SMILES string of the molecule is O=C(NCc1ncccc1F)c1cnn(CCNCc2nc3ccccc3[nH]2)c1. The lowest BCUT2D eigenvalue weighted by Crippen LogP contribution is -2.23. The predicted octanol–water partition coefficient (Wildman–Crippen LogP) is 2.01. The number of nitrogens with zero attached hydrogens (tertiary/aromatic N) is 4. The van der Waals surface area contributed by atoms with Crippen molar-refractivity contribution in [2.75, 3.05) is 6.54 Å². The number of carbonyl (C=O) groups is 1. The number of rotatable bonds is 8. The fraction of sp³-hybridized carbons (Fsp3) is 0.200. The molecule has 0 spiro atoms. The number of para-hydroxylation sites is 2. The first-order valence-electron chi connectivity index (χ1n) is 9.23. The normalized spacial score (nSPS) is 11.1. The molecule has 9 heteroatoms. The number of H-pyrrole nitrogens is 1. The van der Waals surface area contributed by atoms with Gasteiger partial charge in [-0.2, -0.15) is 5.10 Å². The van der Waals surface area contributed by atoms with Gasteiger partial charge in [-0.1, -0.05) is 12.1 Å². The molecule has 8 nitrogen and oxygen atoms in total. The van der Waals surface area contributed by atoms with Crippen molar-refractivity contribution < 1.29 is 9.18 Å². The van der Waals surface area contributed by atoms with E-state index in [2.05, 4.69) is 30.7 Å². The zero-order valence-corrected chi connectivity index (χ0v) is 15.6. The molecule has 0 saturated heterocycles. The molecule has 1 aromatic carbocycles. The summed E-state index contributed by atoms with van der Waals surface area (Å²) in [5.41, 5.74) is 2.57. The fourth-order valence-corrected chi connectivity index (χ4v) is 2.91. The Kier molecular flexibility index (Phi) is 5.57. The highest BCUT2D eigenvalue weighted by molar-refractivity contribution is 5.93. The van der Waals surface area contributed by atoms with Gasteiger partial charge in [-0.15, -0.1) is 0 Å². The quantitative estimate of drug-likeness (QED) is 0.398. The molecule has 0 aliphatic heterocycles. The molecule has 3 aromatic heterocycles. The van der Waals surface area contributed by atoms with Gasteiger partial charge < -0.3 is 15.6 Å². The minimum atomic E-state index is -0.445. The molecule has 148 valence electrons. The van der Waals surface area contributed by atoms with Crippen LogP contribution in [0.2, 0.25) is 0 Å². The number of imidazole rings is 1. The van der Waals surface area contributed by atoms with Gasteiger partial charge in [0.1, 0.15) is 11.6 Å². The highest BCUT2D eigenvalue weighted by Crippen LogP contribution is 2.09. The van der Waals surface area contributed by atoms with Crippen LogP contribution in [0.25, 0.3) is 11.0 Å². The topological polar surface area (TPSA) is 101 Å². The van der Waals surface area contributed by atoms with Crippen molar-refractivity contribution in [3.63, 3.8) is 0 Å². The zero-order valence-electron chi connectivity index (χ0n) is 15.6. The summed E-state index contributed by atoms with van der Waals surface area (Å²) in [4.78, 5) is 23.9. The molecule has 0 atom stereocenters. The molecule has 0 aliphatic carbocycles. The lowest BCUT2D eigenvalue weighted by Gasteiger charge is -2.04. The van der Waals surface area contributed by atoms with E-state index in [1.807, 2.05) is 24.3 Å². The lowest BCUT2D eigenvalue weighted by molar-refractivity contribution is 0.0950. The Morgan fingerprint density at radius 3 is 2.93 bits per heavy atom. The standard InChI is InChI=1S/C20H20FN7O/c21-15-4-3-7-23-18(15)11-24-20(29)14-10-25-28(13-14)9-8-22-12-19-26-16-5-1-2-6-17(16)27-19/h1-7,10,13,22H,8-9,11-12H2,(H,24,29)(H,26,27). The largest absolute Gasteiger partial charge is 0.346 e. The molecular weight excluding hydrogens is 373 g/mol. The highest BCUT2D eigenvalue weighted by atomic mass is 19.1. The average Bonchev–Trinajstić information content (AvgIpc) is 3.37. The third kappa shape index (κ3) is 4.64. The van der Waals surface area contributed by atoms with Gasteiger partial charge in [-0.25, -0.2) is 9.37 Å². The summed E-state index contributed by atoms with van der Waals surface area (Å²) in [6, 6.07) is 10.7. The second kappa shape index (κ2) is 8.61. The van der Waals surface area contributed by atoms with E-state index >= 15 is 0 Å². The molecule has 0 fully saturated rings.